The smallest absolute Gasteiger partial charge is 0.339 e. The maximum atomic E-state index is 10.6. The molecule has 0 saturated carbocycles. The SMILES string of the molecule is O=C(O)c1cnn2c1C=CI=C2. The van der Waals surface area contributed by atoms with Gasteiger partial charge in [0.05, 0.1) is 16.0 Å². The van der Waals surface area contributed by atoms with Gasteiger partial charge in [-0.1, -0.05) is 20.7 Å². The number of fused-ring (bicyclic) bond motifs is 1. The van der Waals surface area contributed by atoms with Crippen LogP contribution in [0.2, 0.25) is 0 Å². The van der Waals surface area contributed by atoms with E-state index >= 15 is 0 Å². The van der Waals surface area contributed by atoms with Crippen LogP contribution in [-0.2, 0) is 0 Å². The summed E-state index contributed by atoms with van der Waals surface area (Å²) in [5.41, 5.74) is 0.944. The Morgan fingerprint density at radius 1 is 1.67 bits per heavy atom. The van der Waals surface area contributed by atoms with Crippen molar-refractivity contribution in [2.75, 3.05) is 0 Å². The van der Waals surface area contributed by atoms with Gasteiger partial charge in [0.15, 0.2) is 0 Å². The molecule has 0 spiro atoms. The van der Waals surface area contributed by atoms with E-state index in [2.05, 4.69) is 5.10 Å². The number of hydrogen-bond acceptors (Lipinski definition) is 2. The van der Waals surface area contributed by atoms with Gasteiger partial charge in [-0.2, -0.15) is 5.10 Å². The second-order valence-electron chi connectivity index (χ2n) is 2.21. The minimum atomic E-state index is -0.922. The van der Waals surface area contributed by atoms with Crippen molar-refractivity contribution in [2.24, 2.45) is 0 Å². The predicted octanol–water partition coefficient (Wildman–Crippen LogP) is 1.14. The summed E-state index contributed by atoms with van der Waals surface area (Å²) in [7, 11) is 0. The van der Waals surface area contributed by atoms with Crippen LogP contribution in [0.25, 0.3) is 6.08 Å². The predicted molar refractivity (Wildman–Crippen MR) is 53.7 cm³/mol. The molecule has 0 fully saturated rings. The summed E-state index contributed by atoms with van der Waals surface area (Å²) in [5, 5.41) is 12.7. The molecule has 2 rings (SSSR count). The van der Waals surface area contributed by atoms with E-state index in [0.29, 0.717) is 5.69 Å². The number of rotatable bonds is 1. The normalized spacial score (nSPS) is 13.7. The van der Waals surface area contributed by atoms with Gasteiger partial charge in [0.2, 0.25) is 0 Å². The van der Waals surface area contributed by atoms with Gasteiger partial charge in [-0.3, -0.25) is 0 Å². The molecule has 0 bridgehead atoms. The van der Waals surface area contributed by atoms with Crippen molar-refractivity contribution in [2.45, 2.75) is 0 Å². The first-order chi connectivity index (χ1) is 5.79. The summed E-state index contributed by atoms with van der Waals surface area (Å²) in [4.78, 5) is 10.6. The van der Waals surface area contributed by atoms with Gasteiger partial charge in [0, 0.05) is 0 Å². The summed E-state index contributed by atoms with van der Waals surface area (Å²) in [6.07, 6.45) is 3.21. The van der Waals surface area contributed by atoms with Gasteiger partial charge in [0.25, 0.3) is 0 Å². The highest BCUT2D eigenvalue weighted by Gasteiger charge is 2.13. The zero-order valence-electron chi connectivity index (χ0n) is 5.94. The lowest BCUT2D eigenvalue weighted by molar-refractivity contribution is 0.0696. The Balaban J connectivity index is 2.61. The lowest BCUT2D eigenvalue weighted by Gasteiger charge is -2.00. The second kappa shape index (κ2) is 2.81. The first-order valence-corrected chi connectivity index (χ1v) is 5.71. The standard InChI is InChI=1S/C7H5IN2O2/c11-7(12)5-3-9-10-4-8-2-1-6(5)10/h1-4H,(H,11,12). The molecule has 0 atom stereocenters. The van der Waals surface area contributed by atoms with E-state index in [4.69, 9.17) is 5.11 Å². The molecule has 1 aromatic heterocycles. The maximum absolute atomic E-state index is 10.6. The van der Waals surface area contributed by atoms with Gasteiger partial charge in [-0.05, 0) is 10.2 Å². The molecule has 0 amide bonds. The Kier molecular flexibility index (Phi) is 1.80. The van der Waals surface area contributed by atoms with Gasteiger partial charge < -0.3 is 5.11 Å². The van der Waals surface area contributed by atoms with Crippen molar-refractivity contribution >= 4 is 36.9 Å². The third kappa shape index (κ3) is 1.09. The van der Waals surface area contributed by atoms with E-state index in [1.807, 2.05) is 14.3 Å². The Labute approximate surface area is 78.3 Å². The molecule has 0 radical (unpaired) electrons. The fraction of sp³-hybridized carbons (Fsp3) is 0. The molecule has 1 aromatic rings. The molecule has 0 aromatic carbocycles. The van der Waals surface area contributed by atoms with E-state index in [0.717, 1.165) is 0 Å². The molecule has 0 aliphatic carbocycles. The van der Waals surface area contributed by atoms with Crippen LogP contribution in [0.4, 0.5) is 0 Å². The molecule has 0 unspecified atom stereocenters. The van der Waals surface area contributed by atoms with Gasteiger partial charge in [-0.15, -0.1) is 0 Å². The Morgan fingerprint density at radius 2 is 2.50 bits per heavy atom. The van der Waals surface area contributed by atoms with Crippen LogP contribution < -0.4 is 0 Å². The number of carbonyl (C=O) groups is 1. The summed E-state index contributed by atoms with van der Waals surface area (Å²) >= 11 is -0.0788. The van der Waals surface area contributed by atoms with Crippen LogP contribution in [0.3, 0.4) is 0 Å². The minimum absolute atomic E-state index is 0.0788. The van der Waals surface area contributed by atoms with Crippen LogP contribution in [0, 0.1) is 0 Å². The quantitative estimate of drug-likeness (QED) is 0.783. The number of hydrogen-bond donors (Lipinski definition) is 1. The largest absolute Gasteiger partial charge is 0.478 e. The first kappa shape index (κ1) is 7.66. The molecule has 0 saturated heterocycles. The summed E-state index contributed by atoms with van der Waals surface area (Å²) in [5.74, 6) is -0.922. The highest BCUT2D eigenvalue weighted by atomic mass is 127. The molecule has 2 heterocycles. The zero-order chi connectivity index (χ0) is 8.55. The van der Waals surface area contributed by atoms with E-state index in [1.165, 1.54) is 6.20 Å². The topological polar surface area (TPSA) is 55.1 Å². The van der Waals surface area contributed by atoms with Crippen molar-refractivity contribution < 1.29 is 9.90 Å². The molecule has 4 nitrogen and oxygen atoms in total. The summed E-state index contributed by atoms with van der Waals surface area (Å²) in [6, 6.07) is 0. The lowest BCUT2D eigenvalue weighted by Crippen LogP contribution is -2.03. The molecular formula is C7H5IN2O2. The third-order valence-corrected chi connectivity index (χ3v) is 3.13. The Bertz CT molecular complexity index is 392. The highest BCUT2D eigenvalue weighted by molar-refractivity contribution is 14.2. The van der Waals surface area contributed by atoms with Crippen molar-refractivity contribution in [3.05, 3.63) is 21.5 Å². The Morgan fingerprint density at radius 3 is 3.25 bits per heavy atom. The van der Waals surface area contributed by atoms with Gasteiger partial charge in [-0.25, -0.2) is 9.48 Å². The number of aromatic nitrogens is 2. The van der Waals surface area contributed by atoms with Crippen LogP contribution in [0.1, 0.15) is 16.1 Å². The zero-order valence-corrected chi connectivity index (χ0v) is 8.09. The van der Waals surface area contributed by atoms with E-state index in [9.17, 15) is 4.79 Å². The number of aromatic carboxylic acids is 1. The van der Waals surface area contributed by atoms with Crippen LogP contribution in [-0.4, -0.2) is 25.0 Å². The van der Waals surface area contributed by atoms with E-state index in [-0.39, 0.29) is 26.3 Å². The van der Waals surface area contributed by atoms with Gasteiger partial charge >= 0.3 is 5.97 Å². The molecule has 1 aliphatic heterocycles. The third-order valence-electron chi connectivity index (χ3n) is 1.51. The highest BCUT2D eigenvalue weighted by Crippen LogP contribution is 2.16. The maximum Gasteiger partial charge on any atom is 0.339 e. The van der Waals surface area contributed by atoms with Crippen molar-refractivity contribution in [3.63, 3.8) is 0 Å². The number of carboxylic acids is 1. The van der Waals surface area contributed by atoms with Crippen LogP contribution in [0.5, 0.6) is 0 Å². The summed E-state index contributed by atoms with van der Waals surface area (Å²) in [6.45, 7) is 0. The monoisotopic (exact) mass is 276 g/mol. The first-order valence-electron chi connectivity index (χ1n) is 3.21. The summed E-state index contributed by atoms with van der Waals surface area (Å²) < 4.78 is 5.60. The van der Waals surface area contributed by atoms with Gasteiger partial charge in [0.1, 0.15) is 5.56 Å². The number of nitrogens with zero attached hydrogens (tertiary/aromatic N) is 2. The fourth-order valence-corrected chi connectivity index (χ4v) is 2.44. The van der Waals surface area contributed by atoms with Crippen molar-refractivity contribution in [3.8, 4) is 0 Å². The fourth-order valence-electron chi connectivity index (χ4n) is 0.962. The Hall–Kier alpha value is -0.980. The number of halogens is 1. The number of carboxylic acid groups (broad SMARTS) is 1. The molecule has 62 valence electrons. The van der Waals surface area contributed by atoms with Crippen LogP contribution >= 0.6 is 20.7 Å². The van der Waals surface area contributed by atoms with Crippen molar-refractivity contribution in [1.29, 1.82) is 0 Å². The second-order valence-corrected chi connectivity index (χ2v) is 4.20. The molecule has 5 heteroatoms. The molecule has 1 N–H and O–H groups in total. The minimum Gasteiger partial charge on any atom is -0.478 e. The lowest BCUT2D eigenvalue weighted by atomic mass is 10.2. The van der Waals surface area contributed by atoms with Crippen molar-refractivity contribution in [1.82, 2.24) is 9.78 Å². The molecule has 1 aliphatic rings. The molecule has 12 heavy (non-hydrogen) atoms. The van der Waals surface area contributed by atoms with E-state index in [1.54, 1.807) is 4.68 Å². The van der Waals surface area contributed by atoms with Crippen LogP contribution in [0.15, 0.2) is 10.3 Å². The average molecular weight is 276 g/mol. The average Bonchev–Trinajstić information content (AvgIpc) is 2.47. The molecular weight excluding hydrogens is 271 g/mol. The van der Waals surface area contributed by atoms with E-state index < -0.39 is 5.97 Å².